The van der Waals surface area contributed by atoms with E-state index in [9.17, 15) is 20.3 Å². The van der Waals surface area contributed by atoms with E-state index >= 15 is 0 Å². The summed E-state index contributed by atoms with van der Waals surface area (Å²) in [7, 11) is 0. The van der Waals surface area contributed by atoms with Crippen molar-refractivity contribution in [2.45, 2.75) is 20.8 Å². The van der Waals surface area contributed by atoms with Gasteiger partial charge in [0.1, 0.15) is 22.9 Å². The molecule has 116 valence electrons. The standard InChI is InChI=1S/C12H11ClN4O4S/c1-4-7(13)9(18)5(2)10(19)8(4)15-16-12-14-6(3)11(22-12)17(20)21/h18-19H,1-3H3. The van der Waals surface area contributed by atoms with Crippen LogP contribution in [0.25, 0.3) is 0 Å². The number of halogens is 1. The molecule has 10 heteroatoms. The number of nitrogens with zero attached hydrogens (tertiary/aromatic N) is 4. The number of phenols is 2. The van der Waals surface area contributed by atoms with E-state index in [0.717, 1.165) is 11.3 Å². The quantitative estimate of drug-likeness (QED) is 0.484. The van der Waals surface area contributed by atoms with E-state index in [1.807, 2.05) is 0 Å². The molecule has 0 aliphatic carbocycles. The Morgan fingerprint density at radius 1 is 1.18 bits per heavy atom. The number of thiazole rings is 1. The molecule has 2 aromatic rings. The number of azo groups is 1. The van der Waals surface area contributed by atoms with E-state index in [-0.39, 0.29) is 43.6 Å². The highest BCUT2D eigenvalue weighted by atomic mass is 35.5. The maximum absolute atomic E-state index is 10.8. The summed E-state index contributed by atoms with van der Waals surface area (Å²) < 4.78 is 0. The van der Waals surface area contributed by atoms with Crippen LogP contribution in [0, 0.1) is 30.9 Å². The summed E-state index contributed by atoms with van der Waals surface area (Å²) in [5.41, 5.74) is 0.834. The van der Waals surface area contributed by atoms with E-state index in [4.69, 9.17) is 11.6 Å². The summed E-state index contributed by atoms with van der Waals surface area (Å²) in [6.45, 7) is 4.54. The van der Waals surface area contributed by atoms with Crippen molar-refractivity contribution in [3.05, 3.63) is 32.0 Å². The Balaban J connectivity index is 2.47. The summed E-state index contributed by atoms with van der Waals surface area (Å²) in [4.78, 5) is 14.1. The Labute approximate surface area is 133 Å². The van der Waals surface area contributed by atoms with E-state index in [1.54, 1.807) is 6.92 Å². The zero-order valence-electron chi connectivity index (χ0n) is 11.8. The SMILES string of the molecule is Cc1nc(N=Nc2c(C)c(Cl)c(O)c(C)c2O)sc1[N+](=O)[O-]. The first-order chi connectivity index (χ1) is 10.2. The van der Waals surface area contributed by atoms with E-state index < -0.39 is 4.92 Å². The lowest BCUT2D eigenvalue weighted by Gasteiger charge is -2.10. The normalized spacial score (nSPS) is 11.3. The number of nitro groups is 1. The van der Waals surface area contributed by atoms with Crippen LogP contribution < -0.4 is 0 Å². The predicted molar refractivity (Wildman–Crippen MR) is 81.9 cm³/mol. The van der Waals surface area contributed by atoms with Crippen LogP contribution in [0.15, 0.2) is 10.2 Å². The minimum absolute atomic E-state index is 0.0607. The molecule has 2 rings (SSSR count). The van der Waals surface area contributed by atoms with Crippen molar-refractivity contribution < 1.29 is 15.1 Å². The van der Waals surface area contributed by atoms with Crippen LogP contribution >= 0.6 is 22.9 Å². The molecule has 1 aromatic heterocycles. The molecule has 8 nitrogen and oxygen atoms in total. The van der Waals surface area contributed by atoms with Crippen molar-refractivity contribution in [1.82, 2.24) is 4.98 Å². The van der Waals surface area contributed by atoms with Gasteiger partial charge in [-0.25, -0.2) is 4.98 Å². The van der Waals surface area contributed by atoms with E-state index in [1.165, 1.54) is 13.8 Å². The van der Waals surface area contributed by atoms with Gasteiger partial charge in [-0.05, 0) is 32.1 Å². The maximum atomic E-state index is 10.8. The Morgan fingerprint density at radius 2 is 1.82 bits per heavy atom. The van der Waals surface area contributed by atoms with Crippen molar-refractivity contribution in [2.24, 2.45) is 10.2 Å². The van der Waals surface area contributed by atoms with Crippen LogP contribution in [0.2, 0.25) is 5.02 Å². The molecule has 0 bridgehead atoms. The molecule has 0 atom stereocenters. The first kappa shape index (κ1) is 16.1. The Hall–Kier alpha value is -2.26. The lowest BCUT2D eigenvalue weighted by Crippen LogP contribution is -1.85. The lowest BCUT2D eigenvalue weighted by atomic mass is 10.1. The van der Waals surface area contributed by atoms with Gasteiger partial charge in [-0.2, -0.15) is 0 Å². The number of aromatic nitrogens is 1. The zero-order valence-corrected chi connectivity index (χ0v) is 13.4. The van der Waals surface area contributed by atoms with Crippen LogP contribution in [0.5, 0.6) is 11.5 Å². The van der Waals surface area contributed by atoms with Crippen molar-refractivity contribution in [2.75, 3.05) is 0 Å². The minimum Gasteiger partial charge on any atom is -0.506 e. The van der Waals surface area contributed by atoms with Gasteiger partial charge < -0.3 is 10.2 Å². The zero-order chi connectivity index (χ0) is 16.6. The third-order valence-electron chi connectivity index (χ3n) is 2.99. The molecule has 22 heavy (non-hydrogen) atoms. The van der Waals surface area contributed by atoms with Crippen LogP contribution in [-0.4, -0.2) is 20.1 Å². The van der Waals surface area contributed by atoms with Gasteiger partial charge in [-0.3, -0.25) is 10.1 Å². The van der Waals surface area contributed by atoms with Gasteiger partial charge >= 0.3 is 5.00 Å². The van der Waals surface area contributed by atoms with Gasteiger partial charge in [0.15, 0.2) is 0 Å². The molecule has 1 heterocycles. The highest BCUT2D eigenvalue weighted by Crippen LogP contribution is 2.45. The second kappa shape index (κ2) is 5.85. The molecule has 0 amide bonds. The van der Waals surface area contributed by atoms with E-state index in [0.29, 0.717) is 5.56 Å². The van der Waals surface area contributed by atoms with Crippen LogP contribution in [0.1, 0.15) is 16.8 Å². The van der Waals surface area contributed by atoms with Crippen molar-refractivity contribution in [3.63, 3.8) is 0 Å². The number of rotatable bonds is 3. The summed E-state index contributed by atoms with van der Waals surface area (Å²) in [6.07, 6.45) is 0. The molecule has 0 saturated carbocycles. The highest BCUT2D eigenvalue weighted by Gasteiger charge is 2.19. The first-order valence-corrected chi connectivity index (χ1v) is 7.17. The predicted octanol–water partition coefficient (Wildman–Crippen LogP) is 4.46. The lowest BCUT2D eigenvalue weighted by molar-refractivity contribution is -0.380. The molecular formula is C12H11ClN4O4S. The number of phenolic OH excluding ortho intramolecular Hbond substituents is 2. The molecule has 1 aromatic carbocycles. The molecule has 0 aliphatic rings. The minimum atomic E-state index is -0.545. The Morgan fingerprint density at radius 3 is 2.36 bits per heavy atom. The van der Waals surface area contributed by atoms with Gasteiger partial charge in [0, 0.05) is 11.1 Å². The van der Waals surface area contributed by atoms with Crippen LogP contribution in [0.3, 0.4) is 0 Å². The summed E-state index contributed by atoms with van der Waals surface area (Å²) >= 11 is 6.72. The number of aromatic hydroxyl groups is 2. The molecular weight excluding hydrogens is 332 g/mol. The Bertz CT molecular complexity index is 774. The second-order valence-corrected chi connectivity index (χ2v) is 5.79. The fourth-order valence-electron chi connectivity index (χ4n) is 1.72. The van der Waals surface area contributed by atoms with E-state index in [2.05, 4.69) is 15.2 Å². The third-order valence-corrected chi connectivity index (χ3v) is 4.45. The molecule has 0 fully saturated rings. The molecule has 0 spiro atoms. The highest BCUT2D eigenvalue weighted by molar-refractivity contribution is 7.18. The van der Waals surface area contributed by atoms with Crippen LogP contribution in [-0.2, 0) is 0 Å². The first-order valence-electron chi connectivity index (χ1n) is 5.98. The monoisotopic (exact) mass is 342 g/mol. The fourth-order valence-corrected chi connectivity index (χ4v) is 2.65. The topological polar surface area (TPSA) is 121 Å². The van der Waals surface area contributed by atoms with Gasteiger partial charge in [0.25, 0.3) is 0 Å². The largest absolute Gasteiger partial charge is 0.506 e. The summed E-state index contributed by atoms with van der Waals surface area (Å²) in [5, 5.41) is 38.2. The Kier molecular flexibility index (Phi) is 4.29. The number of benzene rings is 1. The fraction of sp³-hybridized carbons (Fsp3) is 0.250. The van der Waals surface area contributed by atoms with Gasteiger partial charge in [-0.15, -0.1) is 10.2 Å². The molecule has 0 unspecified atom stereocenters. The van der Waals surface area contributed by atoms with Gasteiger partial charge in [-0.1, -0.05) is 11.6 Å². The summed E-state index contributed by atoms with van der Waals surface area (Å²) in [5.74, 6) is -0.484. The van der Waals surface area contributed by atoms with Crippen LogP contribution in [0.4, 0.5) is 15.8 Å². The van der Waals surface area contributed by atoms with Gasteiger partial charge in [0.05, 0.1) is 9.95 Å². The molecule has 0 aliphatic heterocycles. The third kappa shape index (κ3) is 2.72. The number of aryl methyl sites for hydroxylation is 1. The molecule has 0 saturated heterocycles. The second-order valence-electron chi connectivity index (χ2n) is 4.45. The van der Waals surface area contributed by atoms with Crippen molar-refractivity contribution in [1.29, 1.82) is 0 Å². The van der Waals surface area contributed by atoms with Crippen molar-refractivity contribution >= 4 is 38.8 Å². The maximum Gasteiger partial charge on any atom is 0.348 e. The van der Waals surface area contributed by atoms with Gasteiger partial charge in [0.2, 0.25) is 5.13 Å². The molecule has 2 N–H and O–H groups in total. The number of hydrogen-bond donors (Lipinski definition) is 2. The smallest absolute Gasteiger partial charge is 0.348 e. The van der Waals surface area contributed by atoms with Crippen molar-refractivity contribution in [3.8, 4) is 11.5 Å². The summed E-state index contributed by atoms with van der Waals surface area (Å²) in [6, 6.07) is 0. The average Bonchev–Trinajstić information content (AvgIpc) is 2.84. The molecule has 0 radical (unpaired) electrons. The number of hydrogen-bond acceptors (Lipinski definition) is 8. The average molecular weight is 343 g/mol.